The van der Waals surface area contributed by atoms with E-state index >= 15 is 0 Å². The number of rotatable bonds is 5. The molecule has 0 N–H and O–H groups in total. The van der Waals surface area contributed by atoms with E-state index in [1.165, 1.54) is 11.6 Å². The molecule has 24 heavy (non-hydrogen) atoms. The van der Waals surface area contributed by atoms with E-state index < -0.39 is 0 Å². The molecule has 122 valence electrons. The van der Waals surface area contributed by atoms with Crippen LogP contribution in [0.5, 0.6) is 0 Å². The topological polar surface area (TPSA) is 3.24 Å². The summed E-state index contributed by atoms with van der Waals surface area (Å²) in [6, 6.07) is 5.24. The van der Waals surface area contributed by atoms with Crippen molar-refractivity contribution in [2.45, 2.75) is 25.8 Å². The Morgan fingerprint density at radius 3 is 2.96 bits per heavy atom. The molecule has 1 nitrogen and oxygen atoms in total. The van der Waals surface area contributed by atoms with Crippen molar-refractivity contribution in [1.29, 1.82) is 0 Å². The molecule has 0 bridgehead atoms. The van der Waals surface area contributed by atoms with Gasteiger partial charge < -0.3 is 4.90 Å². The van der Waals surface area contributed by atoms with Crippen molar-refractivity contribution in [3.05, 3.63) is 95.6 Å². The molecule has 0 saturated carbocycles. The quantitative estimate of drug-likeness (QED) is 0.496. The molecule has 0 radical (unpaired) electrons. The Kier molecular flexibility index (Phi) is 4.69. The first-order chi connectivity index (χ1) is 11.6. The van der Waals surface area contributed by atoms with Crippen molar-refractivity contribution in [2.75, 3.05) is 6.54 Å². The van der Waals surface area contributed by atoms with E-state index in [-0.39, 0.29) is 11.9 Å². The van der Waals surface area contributed by atoms with Crippen LogP contribution in [0.4, 0.5) is 4.39 Å². The van der Waals surface area contributed by atoms with Gasteiger partial charge in [0.2, 0.25) is 0 Å². The van der Waals surface area contributed by atoms with E-state index in [4.69, 9.17) is 0 Å². The predicted octanol–water partition coefficient (Wildman–Crippen LogP) is 5.72. The van der Waals surface area contributed by atoms with Crippen LogP contribution < -0.4 is 0 Å². The summed E-state index contributed by atoms with van der Waals surface area (Å²) in [4.78, 5) is 2.19. The number of halogens is 1. The number of nitrogens with zero attached hydrogens (tertiary/aromatic N) is 1. The van der Waals surface area contributed by atoms with Crippen LogP contribution in [-0.4, -0.2) is 11.4 Å². The Balaban J connectivity index is 1.93. The molecule has 2 heteroatoms. The fraction of sp³-hybridized carbons (Fsp3) is 0.227. The predicted molar refractivity (Wildman–Crippen MR) is 98.8 cm³/mol. The molecule has 0 fully saturated rings. The van der Waals surface area contributed by atoms with Crippen LogP contribution in [0.2, 0.25) is 0 Å². The van der Waals surface area contributed by atoms with Gasteiger partial charge in [-0.25, -0.2) is 4.39 Å². The molecule has 1 atom stereocenters. The lowest BCUT2D eigenvalue weighted by atomic mass is 9.99. The van der Waals surface area contributed by atoms with E-state index in [1.54, 1.807) is 6.07 Å². The second-order valence-corrected chi connectivity index (χ2v) is 6.24. The third-order valence-electron chi connectivity index (χ3n) is 4.57. The lowest BCUT2D eigenvalue weighted by Gasteiger charge is -2.28. The van der Waals surface area contributed by atoms with Gasteiger partial charge in [-0.15, -0.1) is 12.3 Å². The minimum absolute atomic E-state index is 0.00768. The summed E-state index contributed by atoms with van der Waals surface area (Å²) in [6.07, 6.45) is 11.7. The summed E-state index contributed by atoms with van der Waals surface area (Å²) in [5, 5.41) is 0. The average molecular weight is 319 g/mol. The van der Waals surface area contributed by atoms with E-state index in [2.05, 4.69) is 42.9 Å². The summed E-state index contributed by atoms with van der Waals surface area (Å²) in [6.45, 7) is 10.8. The molecule has 1 aliphatic heterocycles. The molecule has 0 amide bonds. The Morgan fingerprint density at radius 2 is 2.17 bits per heavy atom. The molecular formula is C22H22FN. The minimum Gasteiger partial charge on any atom is -0.359 e. The summed E-state index contributed by atoms with van der Waals surface area (Å²) < 4.78 is 14.5. The van der Waals surface area contributed by atoms with Crippen molar-refractivity contribution in [2.24, 2.45) is 0 Å². The largest absolute Gasteiger partial charge is 0.359 e. The molecule has 0 aromatic heterocycles. The molecule has 0 saturated heterocycles. The standard InChI is InChI=1S/C22H22FN/c1-4-5-12-21-22-19(10-7-11-20(22)23)17(3)24(21)15-18-9-6-8-16(2)13-14-18/h4,6-8,10-11,13-14,21H,1,3,5,12,15H2,2H3. The zero-order chi connectivity index (χ0) is 17.1. The number of hydrogen-bond donors (Lipinski definition) is 0. The van der Waals surface area contributed by atoms with Crippen molar-refractivity contribution in [3.63, 3.8) is 0 Å². The summed E-state index contributed by atoms with van der Waals surface area (Å²) in [7, 11) is 0. The Hall–Kier alpha value is -2.57. The van der Waals surface area contributed by atoms with Crippen molar-refractivity contribution < 1.29 is 4.39 Å². The molecule has 2 aliphatic rings. The Labute approximate surface area is 143 Å². The van der Waals surface area contributed by atoms with E-state index in [0.717, 1.165) is 35.2 Å². The first-order valence-electron chi connectivity index (χ1n) is 8.27. The van der Waals surface area contributed by atoms with Gasteiger partial charge in [0, 0.05) is 22.4 Å². The molecule has 1 heterocycles. The Bertz CT molecular complexity index is 803. The van der Waals surface area contributed by atoms with Crippen molar-refractivity contribution in [1.82, 2.24) is 4.90 Å². The van der Waals surface area contributed by atoms with Crippen LogP contribution in [0.15, 0.2) is 78.6 Å². The van der Waals surface area contributed by atoms with Gasteiger partial charge in [-0.2, -0.15) is 0 Å². The van der Waals surface area contributed by atoms with Crippen LogP contribution in [0.3, 0.4) is 0 Å². The highest BCUT2D eigenvalue weighted by Crippen LogP contribution is 2.44. The summed E-state index contributed by atoms with van der Waals surface area (Å²) >= 11 is 0. The van der Waals surface area contributed by atoms with Gasteiger partial charge in [0.15, 0.2) is 0 Å². The van der Waals surface area contributed by atoms with E-state index in [0.29, 0.717) is 6.54 Å². The normalized spacial score (nSPS) is 19.0. The van der Waals surface area contributed by atoms with Crippen LogP contribution in [0.1, 0.15) is 36.9 Å². The molecular weight excluding hydrogens is 297 g/mol. The van der Waals surface area contributed by atoms with Gasteiger partial charge in [0.05, 0.1) is 12.6 Å². The number of allylic oxidation sites excluding steroid dienone is 4. The fourth-order valence-electron chi connectivity index (χ4n) is 3.31. The number of hydrogen-bond acceptors (Lipinski definition) is 1. The van der Waals surface area contributed by atoms with Gasteiger partial charge in [-0.05, 0) is 38.0 Å². The summed E-state index contributed by atoms with van der Waals surface area (Å²) in [5.41, 5.74) is 8.14. The van der Waals surface area contributed by atoms with Gasteiger partial charge in [-0.1, -0.05) is 42.5 Å². The average Bonchev–Trinajstić information content (AvgIpc) is 2.71. The van der Waals surface area contributed by atoms with Gasteiger partial charge >= 0.3 is 0 Å². The highest BCUT2D eigenvalue weighted by molar-refractivity contribution is 5.71. The summed E-state index contributed by atoms with van der Waals surface area (Å²) in [5.74, 6) is -0.149. The molecule has 3 rings (SSSR count). The highest BCUT2D eigenvalue weighted by atomic mass is 19.1. The van der Waals surface area contributed by atoms with E-state index in [1.807, 2.05) is 24.3 Å². The third kappa shape index (κ3) is 3.06. The maximum absolute atomic E-state index is 14.5. The van der Waals surface area contributed by atoms with Crippen LogP contribution in [0, 0.1) is 5.82 Å². The molecule has 1 unspecified atom stereocenters. The lowest BCUT2D eigenvalue weighted by Crippen LogP contribution is -2.23. The SMILES string of the molecule is C=CCCC1c2c(F)cccc2C(=C)N1CC1=C=CC=C(C)C=C1. The second-order valence-electron chi connectivity index (χ2n) is 6.24. The first kappa shape index (κ1) is 16.3. The van der Waals surface area contributed by atoms with Gasteiger partial charge in [0.1, 0.15) is 5.82 Å². The Morgan fingerprint density at radius 1 is 1.33 bits per heavy atom. The molecule has 0 spiro atoms. The number of benzene rings is 1. The van der Waals surface area contributed by atoms with Crippen LogP contribution in [-0.2, 0) is 0 Å². The van der Waals surface area contributed by atoms with E-state index in [9.17, 15) is 4.39 Å². The lowest BCUT2D eigenvalue weighted by molar-refractivity contribution is 0.319. The maximum atomic E-state index is 14.5. The van der Waals surface area contributed by atoms with Crippen molar-refractivity contribution in [3.8, 4) is 0 Å². The highest BCUT2D eigenvalue weighted by Gasteiger charge is 2.34. The monoisotopic (exact) mass is 319 g/mol. The number of fused-ring (bicyclic) bond motifs is 1. The third-order valence-corrected chi connectivity index (χ3v) is 4.57. The molecule has 1 aromatic carbocycles. The smallest absolute Gasteiger partial charge is 0.129 e. The van der Waals surface area contributed by atoms with Crippen LogP contribution >= 0.6 is 0 Å². The first-order valence-corrected chi connectivity index (χ1v) is 8.27. The second kappa shape index (κ2) is 6.90. The van der Waals surface area contributed by atoms with Crippen LogP contribution in [0.25, 0.3) is 5.70 Å². The zero-order valence-corrected chi connectivity index (χ0v) is 14.1. The molecule has 1 aliphatic carbocycles. The molecule has 1 aromatic rings. The minimum atomic E-state index is -0.149. The zero-order valence-electron chi connectivity index (χ0n) is 14.1. The fourth-order valence-corrected chi connectivity index (χ4v) is 3.31. The maximum Gasteiger partial charge on any atom is 0.129 e. The van der Waals surface area contributed by atoms with Gasteiger partial charge in [0.25, 0.3) is 0 Å². The van der Waals surface area contributed by atoms with Gasteiger partial charge in [-0.3, -0.25) is 0 Å². The van der Waals surface area contributed by atoms with Crippen molar-refractivity contribution >= 4 is 5.70 Å².